The molecule has 0 N–H and O–H groups in total. The maximum atomic E-state index is 4.47. The van der Waals surface area contributed by atoms with Crippen LogP contribution in [-0.4, -0.2) is 46.0 Å². The minimum Gasteiger partial charge on any atom is -0.355 e. The molecule has 0 radical (unpaired) electrons. The van der Waals surface area contributed by atoms with Gasteiger partial charge in [0, 0.05) is 50.5 Å². The van der Waals surface area contributed by atoms with Gasteiger partial charge in [-0.2, -0.15) is 0 Å². The zero-order chi connectivity index (χ0) is 14.5. The van der Waals surface area contributed by atoms with Crippen LogP contribution in [0.25, 0.3) is 0 Å². The van der Waals surface area contributed by atoms with E-state index in [9.17, 15) is 0 Å². The average Bonchev–Trinajstić information content (AvgIpc) is 2.57. The summed E-state index contributed by atoms with van der Waals surface area (Å²) in [7, 11) is 2.17. The van der Waals surface area contributed by atoms with Crippen LogP contribution >= 0.6 is 0 Å². The molecule has 2 aromatic rings. The first-order chi connectivity index (χ1) is 10.3. The van der Waals surface area contributed by atoms with Gasteiger partial charge in [-0.1, -0.05) is 6.07 Å². The largest absolute Gasteiger partial charge is 0.355 e. The fourth-order valence-electron chi connectivity index (χ4n) is 2.86. The van der Waals surface area contributed by atoms with E-state index in [1.54, 1.807) is 12.4 Å². The van der Waals surface area contributed by atoms with Gasteiger partial charge in [0.25, 0.3) is 0 Å². The first kappa shape index (κ1) is 13.9. The van der Waals surface area contributed by atoms with Crippen molar-refractivity contribution in [2.24, 2.45) is 0 Å². The second kappa shape index (κ2) is 6.63. The predicted octanol–water partition coefficient (Wildman–Crippen LogP) is 1.97. The minimum atomic E-state index is 0.530. The fraction of sp³-hybridized carbons (Fsp3) is 0.438. The Morgan fingerprint density at radius 1 is 1.24 bits per heavy atom. The molecular weight excluding hydrogens is 262 g/mol. The molecular formula is C16H21N5. The van der Waals surface area contributed by atoms with Gasteiger partial charge in [-0.25, -0.2) is 4.98 Å². The Balaban J connectivity index is 1.63. The monoisotopic (exact) mass is 283 g/mol. The Morgan fingerprint density at radius 2 is 2.19 bits per heavy atom. The van der Waals surface area contributed by atoms with Gasteiger partial charge in [0.05, 0.1) is 5.69 Å². The Kier molecular flexibility index (Phi) is 4.40. The molecule has 5 nitrogen and oxygen atoms in total. The zero-order valence-corrected chi connectivity index (χ0v) is 12.4. The van der Waals surface area contributed by atoms with Crippen molar-refractivity contribution in [3.8, 4) is 0 Å². The van der Waals surface area contributed by atoms with Gasteiger partial charge in [-0.3, -0.25) is 14.9 Å². The number of nitrogens with zero attached hydrogens (tertiary/aromatic N) is 5. The molecule has 0 aromatic carbocycles. The third kappa shape index (κ3) is 3.55. The van der Waals surface area contributed by atoms with Crippen molar-refractivity contribution < 1.29 is 0 Å². The van der Waals surface area contributed by atoms with Gasteiger partial charge in [0.1, 0.15) is 5.82 Å². The highest BCUT2D eigenvalue weighted by molar-refractivity contribution is 5.38. The van der Waals surface area contributed by atoms with E-state index in [1.807, 2.05) is 18.5 Å². The van der Waals surface area contributed by atoms with Crippen LogP contribution in [0, 0.1) is 0 Å². The first-order valence-electron chi connectivity index (χ1n) is 7.44. The molecule has 0 unspecified atom stereocenters. The van der Waals surface area contributed by atoms with Crippen LogP contribution in [0.15, 0.2) is 43.0 Å². The van der Waals surface area contributed by atoms with E-state index >= 15 is 0 Å². The third-order valence-electron chi connectivity index (χ3n) is 4.02. The second-order valence-electron chi connectivity index (χ2n) is 5.54. The summed E-state index contributed by atoms with van der Waals surface area (Å²) in [6, 6.07) is 6.63. The molecule has 1 aliphatic heterocycles. The second-order valence-corrected chi connectivity index (χ2v) is 5.54. The van der Waals surface area contributed by atoms with Crippen molar-refractivity contribution in [3.05, 3.63) is 48.7 Å². The summed E-state index contributed by atoms with van der Waals surface area (Å²) in [4.78, 5) is 17.7. The standard InChI is InChI=1S/C16H21N5/c1-20(12-14-11-17-8-9-18-14)15-5-4-10-21(13-15)16-6-2-3-7-19-16/h2-3,6-9,11,15H,4-5,10,12-13H2,1H3/t15-/m1/s1. The maximum absolute atomic E-state index is 4.47. The lowest BCUT2D eigenvalue weighted by molar-refractivity contribution is 0.205. The molecule has 3 rings (SSSR count). The maximum Gasteiger partial charge on any atom is 0.128 e. The molecule has 0 aliphatic carbocycles. The first-order valence-corrected chi connectivity index (χ1v) is 7.44. The highest BCUT2D eigenvalue weighted by Crippen LogP contribution is 2.20. The Bertz CT molecular complexity index is 545. The molecule has 0 bridgehead atoms. The summed E-state index contributed by atoms with van der Waals surface area (Å²) < 4.78 is 0. The van der Waals surface area contributed by atoms with E-state index in [4.69, 9.17) is 0 Å². The van der Waals surface area contributed by atoms with E-state index in [-0.39, 0.29) is 0 Å². The molecule has 3 heterocycles. The van der Waals surface area contributed by atoms with Crippen LogP contribution in [-0.2, 0) is 6.54 Å². The van der Waals surface area contributed by atoms with Crippen LogP contribution < -0.4 is 4.90 Å². The van der Waals surface area contributed by atoms with Crippen LogP contribution in [0.3, 0.4) is 0 Å². The van der Waals surface area contributed by atoms with Gasteiger partial charge >= 0.3 is 0 Å². The van der Waals surface area contributed by atoms with Crippen molar-refractivity contribution >= 4 is 5.82 Å². The fourth-order valence-corrected chi connectivity index (χ4v) is 2.86. The van der Waals surface area contributed by atoms with Gasteiger partial charge < -0.3 is 4.90 Å². The van der Waals surface area contributed by atoms with E-state index in [0.717, 1.165) is 31.1 Å². The topological polar surface area (TPSA) is 45.2 Å². The molecule has 110 valence electrons. The van der Waals surface area contributed by atoms with Crippen molar-refractivity contribution in [1.29, 1.82) is 0 Å². The summed E-state index contributed by atoms with van der Waals surface area (Å²) in [6.45, 7) is 2.95. The van der Waals surface area contributed by atoms with Crippen LogP contribution in [0.1, 0.15) is 18.5 Å². The quantitative estimate of drug-likeness (QED) is 0.858. The number of hydrogen-bond donors (Lipinski definition) is 0. The lowest BCUT2D eigenvalue weighted by Gasteiger charge is -2.38. The normalized spacial score (nSPS) is 19.0. The minimum absolute atomic E-state index is 0.530. The van der Waals surface area contributed by atoms with Crippen molar-refractivity contribution in [1.82, 2.24) is 19.9 Å². The Labute approximate surface area is 125 Å². The number of likely N-dealkylation sites (N-methyl/N-ethyl adjacent to an activating group) is 1. The molecule has 2 aromatic heterocycles. The lowest BCUT2D eigenvalue weighted by atomic mass is 10.0. The average molecular weight is 283 g/mol. The molecule has 1 atom stereocenters. The molecule has 1 fully saturated rings. The zero-order valence-electron chi connectivity index (χ0n) is 12.4. The van der Waals surface area contributed by atoms with Gasteiger partial charge in [-0.15, -0.1) is 0 Å². The summed E-state index contributed by atoms with van der Waals surface area (Å²) in [5.74, 6) is 1.08. The molecule has 21 heavy (non-hydrogen) atoms. The van der Waals surface area contributed by atoms with Crippen molar-refractivity contribution in [3.63, 3.8) is 0 Å². The molecule has 5 heteroatoms. The number of hydrogen-bond acceptors (Lipinski definition) is 5. The van der Waals surface area contributed by atoms with E-state index in [1.165, 1.54) is 12.8 Å². The van der Waals surface area contributed by atoms with Gasteiger partial charge in [0.15, 0.2) is 0 Å². The summed E-state index contributed by atoms with van der Waals surface area (Å²) in [5, 5.41) is 0. The molecule has 0 saturated carbocycles. The third-order valence-corrected chi connectivity index (χ3v) is 4.02. The lowest BCUT2D eigenvalue weighted by Crippen LogP contribution is -2.46. The molecule has 1 saturated heterocycles. The number of aromatic nitrogens is 3. The summed E-state index contributed by atoms with van der Waals surface area (Å²) in [6.07, 6.45) is 9.60. The van der Waals surface area contributed by atoms with E-state index in [0.29, 0.717) is 6.04 Å². The van der Waals surface area contributed by atoms with E-state index in [2.05, 4.69) is 43.9 Å². The summed E-state index contributed by atoms with van der Waals surface area (Å²) >= 11 is 0. The summed E-state index contributed by atoms with van der Waals surface area (Å²) in [5.41, 5.74) is 1.02. The van der Waals surface area contributed by atoms with Crippen LogP contribution in [0.2, 0.25) is 0 Å². The SMILES string of the molecule is CN(Cc1cnccn1)[C@@H]1CCCN(c2ccccn2)C1. The van der Waals surface area contributed by atoms with Gasteiger partial charge in [-0.05, 0) is 32.0 Å². The number of rotatable bonds is 4. The van der Waals surface area contributed by atoms with Gasteiger partial charge in [0.2, 0.25) is 0 Å². The number of anilines is 1. The number of piperidine rings is 1. The van der Waals surface area contributed by atoms with Crippen LogP contribution in [0.4, 0.5) is 5.82 Å². The smallest absolute Gasteiger partial charge is 0.128 e. The van der Waals surface area contributed by atoms with Crippen molar-refractivity contribution in [2.45, 2.75) is 25.4 Å². The molecule has 1 aliphatic rings. The predicted molar refractivity (Wildman–Crippen MR) is 83.0 cm³/mol. The number of pyridine rings is 1. The van der Waals surface area contributed by atoms with Crippen LogP contribution in [0.5, 0.6) is 0 Å². The Morgan fingerprint density at radius 3 is 2.95 bits per heavy atom. The van der Waals surface area contributed by atoms with E-state index < -0.39 is 0 Å². The molecule has 0 amide bonds. The highest BCUT2D eigenvalue weighted by atomic mass is 15.2. The molecule has 0 spiro atoms. The van der Waals surface area contributed by atoms with Crippen molar-refractivity contribution in [2.75, 3.05) is 25.0 Å². The highest BCUT2D eigenvalue weighted by Gasteiger charge is 2.24. The Hall–Kier alpha value is -2.01.